The molecular formula is C3H8S4. The van der Waals surface area contributed by atoms with Gasteiger partial charge in [-0.15, -0.1) is 0 Å². The monoisotopic (exact) mass is 172 g/mol. The minimum Gasteiger partial charge on any atom is -0.150 e. The summed E-state index contributed by atoms with van der Waals surface area (Å²) in [6.45, 7) is 2.16. The normalized spacial score (nSPS) is 9.43. The van der Waals surface area contributed by atoms with E-state index in [1.165, 1.54) is 15.6 Å². The molecule has 0 atom stereocenters. The van der Waals surface area contributed by atoms with E-state index >= 15 is 0 Å². The van der Waals surface area contributed by atoms with Crippen LogP contribution in [0, 0.1) is 0 Å². The fraction of sp³-hybridized carbons (Fsp3) is 1.00. The molecule has 0 aliphatic carbocycles. The van der Waals surface area contributed by atoms with Crippen molar-refractivity contribution < 1.29 is 0 Å². The zero-order valence-corrected chi connectivity index (χ0v) is 7.43. The number of hydrogen-bond donors (Lipinski definition) is 1. The molecule has 0 spiro atoms. The van der Waals surface area contributed by atoms with E-state index in [1.54, 1.807) is 10.8 Å². The summed E-state index contributed by atoms with van der Waals surface area (Å²) >= 11 is 5.89. The summed E-state index contributed by atoms with van der Waals surface area (Å²) in [6, 6.07) is 0. The van der Waals surface area contributed by atoms with Crippen molar-refractivity contribution >= 4 is 44.0 Å². The van der Waals surface area contributed by atoms with Crippen molar-refractivity contribution in [3.05, 3.63) is 0 Å². The summed E-state index contributed by atoms with van der Waals surface area (Å²) in [5.74, 6) is 1.21. The Hall–Kier alpha value is 1.40. The smallest absolute Gasteiger partial charge is 0.0504 e. The van der Waals surface area contributed by atoms with Crippen LogP contribution in [0.1, 0.15) is 6.92 Å². The van der Waals surface area contributed by atoms with Crippen LogP contribution >= 0.6 is 44.0 Å². The van der Waals surface area contributed by atoms with Crippen molar-refractivity contribution in [1.82, 2.24) is 0 Å². The average molecular weight is 172 g/mol. The summed E-state index contributed by atoms with van der Waals surface area (Å²) in [4.78, 5) is 0. The van der Waals surface area contributed by atoms with Gasteiger partial charge >= 0.3 is 0 Å². The second-order valence-corrected chi connectivity index (χ2v) is 5.61. The highest BCUT2D eigenvalue weighted by Gasteiger charge is 1.81. The average Bonchev–Trinajstić information content (AvgIpc) is 1.69. The number of rotatable bonds is 4. The molecule has 0 aromatic carbocycles. The van der Waals surface area contributed by atoms with Crippen molar-refractivity contribution in [2.45, 2.75) is 6.92 Å². The number of thioether (sulfide) groups is 1. The predicted octanol–water partition coefficient (Wildman–Crippen LogP) is 2.92. The van der Waals surface area contributed by atoms with Crippen molar-refractivity contribution in [2.24, 2.45) is 0 Å². The third-order valence-electron chi connectivity index (χ3n) is 0.388. The summed E-state index contributed by atoms with van der Waals surface area (Å²) in [7, 11) is 3.31. The van der Waals surface area contributed by atoms with E-state index in [-0.39, 0.29) is 0 Å². The Morgan fingerprint density at radius 2 is 2.29 bits per heavy atom. The van der Waals surface area contributed by atoms with E-state index in [1.807, 2.05) is 11.8 Å². The molecular weight excluding hydrogens is 164 g/mol. The van der Waals surface area contributed by atoms with Crippen molar-refractivity contribution in [3.8, 4) is 0 Å². The van der Waals surface area contributed by atoms with Gasteiger partial charge in [0, 0.05) is 0 Å². The van der Waals surface area contributed by atoms with Gasteiger partial charge in [-0.25, -0.2) is 0 Å². The van der Waals surface area contributed by atoms with Crippen LogP contribution in [0.3, 0.4) is 0 Å². The first kappa shape index (κ1) is 8.40. The van der Waals surface area contributed by atoms with Gasteiger partial charge in [0.15, 0.2) is 0 Å². The molecule has 0 aliphatic heterocycles. The van der Waals surface area contributed by atoms with E-state index in [4.69, 9.17) is 0 Å². The molecule has 0 aliphatic rings. The van der Waals surface area contributed by atoms with Crippen LogP contribution in [0.5, 0.6) is 0 Å². The lowest BCUT2D eigenvalue weighted by atomic mass is 11.0. The molecule has 7 heavy (non-hydrogen) atoms. The summed E-state index contributed by atoms with van der Waals surface area (Å²) < 4.78 is 0. The van der Waals surface area contributed by atoms with Gasteiger partial charge in [-0.3, -0.25) is 0 Å². The van der Waals surface area contributed by atoms with Crippen molar-refractivity contribution in [2.75, 3.05) is 10.8 Å². The molecule has 0 unspecified atom stereocenters. The lowest BCUT2D eigenvalue weighted by molar-refractivity contribution is 1.53. The fourth-order valence-electron chi connectivity index (χ4n) is 0.139. The Bertz CT molecular complexity index is 26.1. The first-order chi connectivity index (χ1) is 3.41. The molecule has 4 heteroatoms. The Labute approximate surface area is 61.8 Å². The Morgan fingerprint density at radius 1 is 1.57 bits per heavy atom. The summed E-state index contributed by atoms with van der Waals surface area (Å²) in [5, 5.41) is 1.16. The Kier molecular flexibility index (Phi) is 8.88. The van der Waals surface area contributed by atoms with Gasteiger partial charge in [-0.05, 0) is 15.6 Å². The highest BCUT2D eigenvalue weighted by Crippen LogP contribution is 2.27. The molecule has 0 aromatic heterocycles. The van der Waals surface area contributed by atoms with Gasteiger partial charge < -0.3 is 0 Å². The first-order valence-corrected chi connectivity index (χ1v) is 6.45. The SMILES string of the molecule is CCSCSSS. The van der Waals surface area contributed by atoms with Crippen LogP contribution in [0.4, 0.5) is 0 Å². The van der Waals surface area contributed by atoms with Crippen LogP contribution in [-0.4, -0.2) is 10.8 Å². The standard InChI is InChI=1S/C3H8S4/c1-2-5-3-6-7-4/h4H,2-3H2,1H3. The lowest BCUT2D eigenvalue weighted by Crippen LogP contribution is -1.64. The molecule has 0 rings (SSSR count). The maximum absolute atomic E-state index is 3.96. The molecule has 0 aromatic rings. The minimum absolute atomic E-state index is 1.16. The van der Waals surface area contributed by atoms with Crippen LogP contribution in [0.15, 0.2) is 0 Å². The quantitative estimate of drug-likeness (QED) is 0.300. The first-order valence-electron chi connectivity index (χ1n) is 1.92. The zero-order chi connectivity index (χ0) is 5.54. The molecule has 0 radical (unpaired) electrons. The predicted molar refractivity (Wildman–Crippen MR) is 47.2 cm³/mol. The van der Waals surface area contributed by atoms with E-state index < -0.39 is 0 Å². The van der Waals surface area contributed by atoms with Gasteiger partial charge in [-0.2, -0.15) is 11.8 Å². The highest BCUT2D eigenvalue weighted by molar-refractivity contribution is 9.06. The Balaban J connectivity index is 2.45. The van der Waals surface area contributed by atoms with Crippen molar-refractivity contribution in [3.63, 3.8) is 0 Å². The maximum Gasteiger partial charge on any atom is 0.0504 e. The fourth-order valence-corrected chi connectivity index (χ4v) is 3.41. The van der Waals surface area contributed by atoms with Gasteiger partial charge in [0.05, 0.1) is 5.08 Å². The summed E-state index contributed by atoms with van der Waals surface area (Å²) in [6.07, 6.45) is 0. The van der Waals surface area contributed by atoms with Gasteiger partial charge in [0.25, 0.3) is 0 Å². The molecule has 0 heterocycles. The van der Waals surface area contributed by atoms with Crippen LogP contribution in [-0.2, 0) is 0 Å². The second-order valence-electron chi connectivity index (χ2n) is 0.803. The molecule has 0 bridgehead atoms. The molecule has 0 saturated heterocycles. The molecule has 0 nitrogen and oxygen atoms in total. The van der Waals surface area contributed by atoms with Gasteiger partial charge in [-0.1, -0.05) is 29.4 Å². The van der Waals surface area contributed by atoms with Crippen LogP contribution in [0.2, 0.25) is 0 Å². The van der Waals surface area contributed by atoms with Crippen molar-refractivity contribution in [1.29, 1.82) is 0 Å². The molecule has 0 saturated carbocycles. The topological polar surface area (TPSA) is 0 Å². The van der Waals surface area contributed by atoms with Gasteiger partial charge in [0.1, 0.15) is 0 Å². The van der Waals surface area contributed by atoms with Crippen LogP contribution in [0.25, 0.3) is 0 Å². The third kappa shape index (κ3) is 7.40. The Morgan fingerprint density at radius 3 is 2.71 bits per heavy atom. The highest BCUT2D eigenvalue weighted by atomic mass is 33.5. The molecule has 0 amide bonds. The maximum atomic E-state index is 3.96. The largest absolute Gasteiger partial charge is 0.150 e. The van der Waals surface area contributed by atoms with E-state index in [9.17, 15) is 0 Å². The molecule has 44 valence electrons. The lowest BCUT2D eigenvalue weighted by Gasteiger charge is -1.89. The van der Waals surface area contributed by atoms with E-state index in [0.717, 1.165) is 5.08 Å². The second kappa shape index (κ2) is 7.40. The van der Waals surface area contributed by atoms with Crippen LogP contribution < -0.4 is 0 Å². The molecule has 0 N–H and O–H groups in total. The van der Waals surface area contributed by atoms with E-state index in [0.29, 0.717) is 0 Å². The number of hydrogen-bond acceptors (Lipinski definition) is 4. The summed E-state index contributed by atoms with van der Waals surface area (Å²) in [5.41, 5.74) is 0. The van der Waals surface area contributed by atoms with E-state index in [2.05, 4.69) is 18.6 Å². The third-order valence-corrected chi connectivity index (χ3v) is 4.08. The zero-order valence-electron chi connectivity index (χ0n) is 4.09. The number of thiol groups is 1. The minimum atomic E-state index is 1.16. The molecule has 0 fully saturated rings. The van der Waals surface area contributed by atoms with Gasteiger partial charge in [0.2, 0.25) is 0 Å².